The first kappa shape index (κ1) is 15.7. The van der Waals surface area contributed by atoms with Gasteiger partial charge in [-0.3, -0.25) is 14.5 Å². The molecular formula is C17H23N3O4. The Morgan fingerprint density at radius 3 is 2.88 bits per heavy atom. The van der Waals surface area contributed by atoms with Crippen LogP contribution in [0.15, 0.2) is 16.5 Å². The number of hydrogen-bond acceptors (Lipinski definition) is 5. The largest absolute Gasteiger partial charge is 0.455 e. The molecule has 2 atom stereocenters. The lowest BCUT2D eigenvalue weighted by Gasteiger charge is -2.26. The summed E-state index contributed by atoms with van der Waals surface area (Å²) in [6.45, 7) is 4.59. The Bertz CT molecular complexity index is 623. The smallest absolute Gasteiger partial charge is 0.289 e. The summed E-state index contributed by atoms with van der Waals surface area (Å²) in [5, 5.41) is 2.94. The first-order valence-corrected chi connectivity index (χ1v) is 8.67. The van der Waals surface area contributed by atoms with Crippen molar-refractivity contribution in [1.82, 2.24) is 15.1 Å². The molecule has 3 aliphatic rings. The summed E-state index contributed by atoms with van der Waals surface area (Å²) in [5.41, 5.74) is 0. The standard InChI is InChI=1S/C17H23N3O4/c21-16-12-7-20(8-13(18-16)11-23-10-12)17(22)15-4-3-14(24-15)9-19-5-1-2-6-19/h3-4,12-13H,1-2,5-11H2,(H,18,21)/t12-,13+/m1/s1. The second kappa shape index (κ2) is 6.57. The van der Waals surface area contributed by atoms with Gasteiger partial charge in [0.1, 0.15) is 5.76 Å². The maximum Gasteiger partial charge on any atom is 0.289 e. The third-order valence-electron chi connectivity index (χ3n) is 4.97. The number of hydrogen-bond donors (Lipinski definition) is 1. The van der Waals surface area contributed by atoms with Crippen LogP contribution >= 0.6 is 0 Å². The molecular weight excluding hydrogens is 310 g/mol. The van der Waals surface area contributed by atoms with Crippen molar-refractivity contribution in [3.8, 4) is 0 Å². The quantitative estimate of drug-likeness (QED) is 0.870. The Kier molecular flexibility index (Phi) is 4.28. The summed E-state index contributed by atoms with van der Waals surface area (Å²) >= 11 is 0. The van der Waals surface area contributed by atoms with Gasteiger partial charge < -0.3 is 19.4 Å². The first-order chi connectivity index (χ1) is 11.7. The van der Waals surface area contributed by atoms with Crippen LogP contribution in [0.4, 0.5) is 0 Å². The van der Waals surface area contributed by atoms with Gasteiger partial charge in [-0.25, -0.2) is 0 Å². The van der Waals surface area contributed by atoms with Crippen LogP contribution in [0.25, 0.3) is 0 Å². The number of ether oxygens (including phenoxy) is 1. The zero-order chi connectivity index (χ0) is 16.5. The number of likely N-dealkylation sites (tertiary alicyclic amines) is 1. The predicted octanol–water partition coefficient (Wildman–Crippen LogP) is 0.462. The Hall–Kier alpha value is -1.86. The van der Waals surface area contributed by atoms with Gasteiger partial charge in [-0.2, -0.15) is 0 Å². The SMILES string of the molecule is O=C1N[C@@H]2COC[C@H]1CN(C(=O)c1ccc(CN3CCCC3)o1)C2. The predicted molar refractivity (Wildman–Crippen MR) is 85.4 cm³/mol. The van der Waals surface area contributed by atoms with Gasteiger partial charge in [0.25, 0.3) is 5.91 Å². The van der Waals surface area contributed by atoms with E-state index in [4.69, 9.17) is 9.15 Å². The molecule has 3 saturated heterocycles. The van der Waals surface area contributed by atoms with Crippen LogP contribution in [0.2, 0.25) is 0 Å². The van der Waals surface area contributed by atoms with Crippen molar-refractivity contribution in [3.63, 3.8) is 0 Å². The average Bonchev–Trinajstić information content (AvgIpc) is 3.15. The summed E-state index contributed by atoms with van der Waals surface area (Å²) in [6, 6.07) is 3.49. The van der Waals surface area contributed by atoms with Crippen LogP contribution in [0.5, 0.6) is 0 Å². The van der Waals surface area contributed by atoms with E-state index in [1.807, 2.05) is 6.07 Å². The number of carbonyl (C=O) groups excluding carboxylic acids is 2. The van der Waals surface area contributed by atoms with Gasteiger partial charge in [-0.1, -0.05) is 0 Å². The fraction of sp³-hybridized carbons (Fsp3) is 0.647. The highest BCUT2D eigenvalue weighted by atomic mass is 16.5. The van der Waals surface area contributed by atoms with Crippen LogP contribution in [0.3, 0.4) is 0 Å². The molecule has 130 valence electrons. The van der Waals surface area contributed by atoms with Crippen LogP contribution in [-0.4, -0.2) is 67.0 Å². The van der Waals surface area contributed by atoms with Crippen molar-refractivity contribution >= 4 is 11.8 Å². The number of carbonyl (C=O) groups is 2. The number of amides is 2. The Labute approximate surface area is 140 Å². The second-order valence-corrected chi connectivity index (χ2v) is 6.90. The molecule has 2 amide bonds. The van der Waals surface area contributed by atoms with E-state index in [1.54, 1.807) is 11.0 Å². The number of rotatable bonds is 3. The molecule has 0 aromatic carbocycles. The van der Waals surface area contributed by atoms with E-state index in [2.05, 4.69) is 10.2 Å². The topological polar surface area (TPSA) is 75.0 Å². The fourth-order valence-corrected chi connectivity index (χ4v) is 3.69. The van der Waals surface area contributed by atoms with Crippen molar-refractivity contribution in [2.45, 2.75) is 25.4 Å². The molecule has 0 spiro atoms. The highest BCUT2D eigenvalue weighted by molar-refractivity contribution is 5.92. The zero-order valence-electron chi connectivity index (χ0n) is 13.7. The van der Waals surface area contributed by atoms with Crippen molar-refractivity contribution in [3.05, 3.63) is 23.7 Å². The van der Waals surface area contributed by atoms with Crippen LogP contribution in [0, 0.1) is 5.92 Å². The third-order valence-corrected chi connectivity index (χ3v) is 4.97. The molecule has 0 saturated carbocycles. The minimum absolute atomic E-state index is 0.0260. The molecule has 0 aliphatic carbocycles. The Morgan fingerprint density at radius 2 is 2.04 bits per heavy atom. The summed E-state index contributed by atoms with van der Waals surface area (Å²) in [6.07, 6.45) is 2.46. The van der Waals surface area contributed by atoms with Crippen molar-refractivity contribution in [2.75, 3.05) is 39.4 Å². The van der Waals surface area contributed by atoms with Gasteiger partial charge in [0.05, 0.1) is 31.7 Å². The van der Waals surface area contributed by atoms with E-state index in [0.29, 0.717) is 32.1 Å². The van der Waals surface area contributed by atoms with Gasteiger partial charge in [0.15, 0.2) is 5.76 Å². The van der Waals surface area contributed by atoms with Gasteiger partial charge in [0, 0.05) is 13.1 Å². The molecule has 7 heteroatoms. The maximum atomic E-state index is 12.8. The summed E-state index contributed by atoms with van der Waals surface area (Å²) in [7, 11) is 0. The molecule has 7 nitrogen and oxygen atoms in total. The molecule has 1 N–H and O–H groups in total. The molecule has 24 heavy (non-hydrogen) atoms. The van der Waals surface area contributed by atoms with E-state index >= 15 is 0 Å². The second-order valence-electron chi connectivity index (χ2n) is 6.90. The van der Waals surface area contributed by atoms with Crippen molar-refractivity contribution in [1.29, 1.82) is 0 Å². The van der Waals surface area contributed by atoms with E-state index in [1.165, 1.54) is 12.8 Å². The lowest BCUT2D eigenvalue weighted by molar-refractivity contribution is -0.125. The first-order valence-electron chi connectivity index (χ1n) is 8.67. The van der Waals surface area contributed by atoms with E-state index in [9.17, 15) is 9.59 Å². The van der Waals surface area contributed by atoms with E-state index in [0.717, 1.165) is 25.4 Å². The minimum Gasteiger partial charge on any atom is -0.455 e. The molecule has 4 rings (SSSR count). The highest BCUT2D eigenvalue weighted by Crippen LogP contribution is 2.19. The molecule has 0 unspecified atom stereocenters. The zero-order valence-corrected chi connectivity index (χ0v) is 13.7. The summed E-state index contributed by atoms with van der Waals surface area (Å²) in [5.74, 6) is 0.712. The third kappa shape index (κ3) is 3.18. The number of nitrogens with one attached hydrogen (secondary N) is 1. The number of nitrogens with zero attached hydrogens (tertiary/aromatic N) is 2. The molecule has 3 aliphatic heterocycles. The number of furan rings is 1. The van der Waals surface area contributed by atoms with Crippen LogP contribution < -0.4 is 5.32 Å². The van der Waals surface area contributed by atoms with E-state index < -0.39 is 0 Å². The minimum atomic E-state index is -0.305. The Morgan fingerprint density at radius 1 is 1.21 bits per heavy atom. The fourth-order valence-electron chi connectivity index (χ4n) is 3.69. The number of fused-ring (bicyclic) bond motifs is 3. The lowest BCUT2D eigenvalue weighted by atomic mass is 10.1. The van der Waals surface area contributed by atoms with Crippen LogP contribution in [0.1, 0.15) is 29.2 Å². The van der Waals surface area contributed by atoms with Crippen LogP contribution in [-0.2, 0) is 16.1 Å². The summed E-state index contributed by atoms with van der Waals surface area (Å²) < 4.78 is 11.3. The van der Waals surface area contributed by atoms with Crippen molar-refractivity contribution in [2.24, 2.45) is 5.92 Å². The normalized spacial score (nSPS) is 27.8. The Balaban J connectivity index is 1.45. The highest BCUT2D eigenvalue weighted by Gasteiger charge is 2.36. The molecule has 3 fully saturated rings. The molecule has 2 bridgehead atoms. The molecule has 0 radical (unpaired) electrons. The maximum absolute atomic E-state index is 12.8. The average molecular weight is 333 g/mol. The lowest BCUT2D eigenvalue weighted by Crippen LogP contribution is -2.44. The summed E-state index contributed by atoms with van der Waals surface area (Å²) in [4.78, 5) is 28.9. The van der Waals surface area contributed by atoms with Crippen molar-refractivity contribution < 1.29 is 18.7 Å². The van der Waals surface area contributed by atoms with Gasteiger partial charge in [0.2, 0.25) is 5.91 Å². The molecule has 4 heterocycles. The molecule has 1 aromatic rings. The van der Waals surface area contributed by atoms with E-state index in [-0.39, 0.29) is 23.8 Å². The van der Waals surface area contributed by atoms with Gasteiger partial charge in [-0.05, 0) is 38.1 Å². The molecule has 1 aromatic heterocycles. The van der Waals surface area contributed by atoms with Gasteiger partial charge >= 0.3 is 0 Å². The monoisotopic (exact) mass is 333 g/mol. The van der Waals surface area contributed by atoms with Gasteiger partial charge in [-0.15, -0.1) is 0 Å².